The largest absolute Gasteiger partial charge is 0.493 e. The molecular weight excluding hydrogens is 368 g/mol. The molecule has 0 fully saturated rings. The van der Waals surface area contributed by atoms with Crippen LogP contribution in [0.3, 0.4) is 0 Å². The van der Waals surface area contributed by atoms with Gasteiger partial charge in [0.25, 0.3) is 0 Å². The summed E-state index contributed by atoms with van der Waals surface area (Å²) in [5, 5.41) is 7.76. The van der Waals surface area contributed by atoms with Gasteiger partial charge in [-0.15, -0.1) is 0 Å². The summed E-state index contributed by atoms with van der Waals surface area (Å²) < 4.78 is 6.09. The summed E-state index contributed by atoms with van der Waals surface area (Å²) >= 11 is 0. The highest BCUT2D eigenvalue weighted by Crippen LogP contribution is 2.30. The van der Waals surface area contributed by atoms with Crippen molar-refractivity contribution >= 4 is 5.84 Å². The Bertz CT molecular complexity index is 548. The van der Waals surface area contributed by atoms with Crippen LogP contribution in [-0.4, -0.2) is 12.4 Å². The third-order valence-corrected chi connectivity index (χ3v) is 6.28. The number of nitrogens with two attached hydrogens (primary N) is 1. The van der Waals surface area contributed by atoms with E-state index in [9.17, 15) is 0 Å². The lowest BCUT2D eigenvalue weighted by Gasteiger charge is -2.24. The van der Waals surface area contributed by atoms with Crippen molar-refractivity contribution in [2.24, 2.45) is 17.6 Å². The third-order valence-electron chi connectivity index (χ3n) is 6.28. The molecule has 0 aliphatic heterocycles. The molecule has 1 aromatic carbocycles. The van der Waals surface area contributed by atoms with Crippen LogP contribution in [-0.2, 0) is 0 Å². The Labute approximate surface area is 186 Å². The Morgan fingerprint density at radius 2 is 1.30 bits per heavy atom. The first-order valence-electron chi connectivity index (χ1n) is 12.7. The predicted octanol–water partition coefficient (Wildman–Crippen LogP) is 8.10. The maximum absolute atomic E-state index is 7.76. The van der Waals surface area contributed by atoms with Crippen LogP contribution in [0.1, 0.15) is 116 Å². The van der Waals surface area contributed by atoms with E-state index in [1.807, 2.05) is 24.3 Å². The van der Waals surface area contributed by atoms with Crippen molar-refractivity contribution in [3.05, 3.63) is 29.8 Å². The number of para-hydroxylation sites is 1. The molecule has 0 bridgehead atoms. The molecule has 0 radical (unpaired) electrons. The van der Waals surface area contributed by atoms with Crippen LogP contribution in [0.15, 0.2) is 24.3 Å². The zero-order chi connectivity index (χ0) is 22.0. The van der Waals surface area contributed by atoms with Gasteiger partial charge in [0, 0.05) is 0 Å². The van der Waals surface area contributed by atoms with E-state index < -0.39 is 0 Å². The Morgan fingerprint density at radius 1 is 0.800 bits per heavy atom. The first-order chi connectivity index (χ1) is 14.6. The summed E-state index contributed by atoms with van der Waals surface area (Å²) in [6.45, 7) is 7.61. The minimum absolute atomic E-state index is 0.0806. The van der Waals surface area contributed by atoms with E-state index in [0.29, 0.717) is 5.56 Å². The van der Waals surface area contributed by atoms with Crippen molar-refractivity contribution in [1.82, 2.24) is 0 Å². The maximum atomic E-state index is 7.76. The van der Waals surface area contributed by atoms with Crippen LogP contribution in [0.5, 0.6) is 5.75 Å². The molecule has 0 aliphatic carbocycles. The fourth-order valence-electron chi connectivity index (χ4n) is 4.43. The molecule has 172 valence electrons. The highest BCUT2D eigenvalue weighted by Gasteiger charge is 2.17. The van der Waals surface area contributed by atoms with E-state index in [1.54, 1.807) is 0 Å². The second-order valence-corrected chi connectivity index (χ2v) is 9.00. The molecule has 1 unspecified atom stereocenters. The Kier molecular flexibility index (Phi) is 15.2. The van der Waals surface area contributed by atoms with E-state index in [4.69, 9.17) is 15.9 Å². The van der Waals surface area contributed by atoms with E-state index in [2.05, 4.69) is 20.8 Å². The van der Waals surface area contributed by atoms with Crippen LogP contribution in [0.4, 0.5) is 0 Å². The maximum Gasteiger partial charge on any atom is 0.130 e. The number of nitrogens with one attached hydrogen (secondary N) is 1. The average Bonchev–Trinajstić information content (AvgIpc) is 2.74. The van der Waals surface area contributed by atoms with Crippen LogP contribution in [0.2, 0.25) is 0 Å². The van der Waals surface area contributed by atoms with Crippen LogP contribution in [0, 0.1) is 17.2 Å². The van der Waals surface area contributed by atoms with Crippen molar-refractivity contribution in [2.45, 2.75) is 111 Å². The summed E-state index contributed by atoms with van der Waals surface area (Å²) in [5.41, 5.74) is 6.42. The topological polar surface area (TPSA) is 59.1 Å². The summed E-state index contributed by atoms with van der Waals surface area (Å²) in [6, 6.07) is 7.67. The van der Waals surface area contributed by atoms with Crippen molar-refractivity contribution in [3.8, 4) is 5.75 Å². The van der Waals surface area contributed by atoms with E-state index in [1.165, 1.54) is 83.5 Å². The molecule has 3 nitrogen and oxygen atoms in total. The fourth-order valence-corrected chi connectivity index (χ4v) is 4.43. The second-order valence-electron chi connectivity index (χ2n) is 9.00. The molecule has 0 aromatic heterocycles. The lowest BCUT2D eigenvalue weighted by molar-refractivity contribution is 0.233. The molecule has 1 aromatic rings. The van der Waals surface area contributed by atoms with Gasteiger partial charge >= 0.3 is 0 Å². The van der Waals surface area contributed by atoms with Gasteiger partial charge in [0.2, 0.25) is 0 Å². The van der Waals surface area contributed by atoms with Gasteiger partial charge in [-0.25, -0.2) is 0 Å². The van der Waals surface area contributed by atoms with Gasteiger partial charge in [0.1, 0.15) is 11.6 Å². The van der Waals surface area contributed by atoms with Crippen molar-refractivity contribution < 1.29 is 4.74 Å². The minimum Gasteiger partial charge on any atom is -0.493 e. The van der Waals surface area contributed by atoms with Crippen molar-refractivity contribution in [3.63, 3.8) is 0 Å². The average molecular weight is 417 g/mol. The molecule has 30 heavy (non-hydrogen) atoms. The lowest BCUT2D eigenvalue weighted by Crippen LogP contribution is -2.16. The van der Waals surface area contributed by atoms with Gasteiger partial charge in [-0.05, 0) is 36.8 Å². The molecule has 0 aliphatic rings. The molecule has 3 N–H and O–H groups in total. The number of hydrogen-bond donors (Lipinski definition) is 2. The van der Waals surface area contributed by atoms with Gasteiger partial charge in [-0.3, -0.25) is 5.41 Å². The number of ether oxygens (including phenoxy) is 1. The SMILES string of the molecule is CCCCCC(CCCCC)CC(CCCCC)CCOc1ccccc1C(=N)N. The molecule has 0 spiro atoms. The van der Waals surface area contributed by atoms with Crippen molar-refractivity contribution in [2.75, 3.05) is 6.61 Å². The molecular formula is C27H48N2O. The Balaban J connectivity index is 2.64. The van der Waals surface area contributed by atoms with Crippen LogP contribution >= 0.6 is 0 Å². The van der Waals surface area contributed by atoms with Crippen LogP contribution < -0.4 is 10.5 Å². The zero-order valence-electron chi connectivity index (χ0n) is 20.1. The number of hydrogen-bond acceptors (Lipinski definition) is 2. The number of rotatable bonds is 19. The summed E-state index contributed by atoms with van der Waals surface area (Å²) in [4.78, 5) is 0. The first-order valence-corrected chi connectivity index (χ1v) is 12.7. The first kappa shape index (κ1) is 26.5. The molecule has 3 heteroatoms. The highest BCUT2D eigenvalue weighted by molar-refractivity contribution is 5.97. The standard InChI is InChI=1S/C27H48N2O/c1-4-7-10-15-23(16-11-8-5-2)22-24(17-12-9-6-3)20-21-30-26-19-14-13-18-25(26)27(28)29/h13-14,18-19,23-24H,4-12,15-17,20-22H2,1-3H3,(H3,28,29). The third kappa shape index (κ3) is 11.6. The number of nitrogen functional groups attached to an aromatic ring is 1. The van der Waals surface area contributed by atoms with Gasteiger partial charge in [-0.2, -0.15) is 0 Å². The fraction of sp³-hybridized carbons (Fsp3) is 0.741. The number of benzene rings is 1. The molecule has 0 amide bonds. The predicted molar refractivity (Wildman–Crippen MR) is 132 cm³/mol. The van der Waals surface area contributed by atoms with E-state index in [0.717, 1.165) is 30.6 Å². The molecule has 0 saturated carbocycles. The van der Waals surface area contributed by atoms with Gasteiger partial charge in [-0.1, -0.05) is 110 Å². The van der Waals surface area contributed by atoms with Gasteiger partial charge < -0.3 is 10.5 Å². The van der Waals surface area contributed by atoms with Gasteiger partial charge in [0.05, 0.1) is 12.2 Å². The number of amidine groups is 1. The Hall–Kier alpha value is -1.51. The lowest BCUT2D eigenvalue weighted by atomic mass is 9.83. The molecule has 1 atom stereocenters. The summed E-state index contributed by atoms with van der Waals surface area (Å²) in [5.74, 6) is 2.45. The monoisotopic (exact) mass is 416 g/mol. The Morgan fingerprint density at radius 3 is 1.80 bits per heavy atom. The minimum atomic E-state index is 0.0806. The molecule has 0 heterocycles. The summed E-state index contributed by atoms with van der Waals surface area (Å²) in [7, 11) is 0. The number of unbranched alkanes of at least 4 members (excludes halogenated alkanes) is 6. The highest BCUT2D eigenvalue weighted by atomic mass is 16.5. The van der Waals surface area contributed by atoms with Crippen LogP contribution in [0.25, 0.3) is 0 Å². The van der Waals surface area contributed by atoms with Crippen molar-refractivity contribution in [1.29, 1.82) is 5.41 Å². The second kappa shape index (κ2) is 17.2. The smallest absolute Gasteiger partial charge is 0.130 e. The molecule has 0 saturated heterocycles. The van der Waals surface area contributed by atoms with Gasteiger partial charge in [0.15, 0.2) is 0 Å². The normalized spacial score (nSPS) is 12.3. The quantitative estimate of drug-likeness (QED) is 0.136. The summed E-state index contributed by atoms with van der Waals surface area (Å²) in [6.07, 6.45) is 18.7. The van der Waals surface area contributed by atoms with E-state index >= 15 is 0 Å². The van der Waals surface area contributed by atoms with E-state index in [-0.39, 0.29) is 5.84 Å². The zero-order valence-corrected chi connectivity index (χ0v) is 20.1. The molecule has 1 rings (SSSR count).